The van der Waals surface area contributed by atoms with Gasteiger partial charge in [-0.25, -0.2) is 9.18 Å². The van der Waals surface area contributed by atoms with Gasteiger partial charge in [0.1, 0.15) is 16.9 Å². The van der Waals surface area contributed by atoms with Crippen LogP contribution in [0.1, 0.15) is 84.8 Å². The van der Waals surface area contributed by atoms with Gasteiger partial charge in [0.25, 0.3) is 0 Å². The summed E-state index contributed by atoms with van der Waals surface area (Å²) in [5.74, 6) is -1.51. The van der Waals surface area contributed by atoms with E-state index in [0.717, 1.165) is 12.1 Å². The lowest BCUT2D eigenvalue weighted by atomic mass is 9.82. The van der Waals surface area contributed by atoms with Crippen LogP contribution in [0.25, 0.3) is 0 Å². The van der Waals surface area contributed by atoms with Crippen LogP contribution in [-0.2, 0) is 20.4 Å². The summed E-state index contributed by atoms with van der Waals surface area (Å²) < 4.78 is 68.3. The van der Waals surface area contributed by atoms with Crippen molar-refractivity contribution in [1.82, 2.24) is 4.90 Å². The van der Waals surface area contributed by atoms with E-state index in [2.05, 4.69) is 0 Å². The van der Waals surface area contributed by atoms with Gasteiger partial charge in [-0.2, -0.15) is 13.2 Å². The number of hydrogen-bond acceptors (Lipinski definition) is 5. The molecule has 214 valence electrons. The van der Waals surface area contributed by atoms with E-state index in [1.54, 1.807) is 53.4 Å². The second kappa shape index (κ2) is 10.6. The Labute approximate surface area is 222 Å². The number of halogens is 4. The normalized spacial score (nSPS) is 23.5. The fraction of sp³-hybridized carbons (Fsp3) is 0.714. The number of rotatable bonds is 4. The fourth-order valence-corrected chi connectivity index (χ4v) is 5.11. The van der Waals surface area contributed by atoms with Gasteiger partial charge >= 0.3 is 18.2 Å². The molecule has 38 heavy (non-hydrogen) atoms. The zero-order valence-electron chi connectivity index (χ0n) is 23.4. The number of amides is 1. The fourth-order valence-electron chi connectivity index (χ4n) is 5.11. The number of ether oxygens (including phenoxy) is 2. The quantitative estimate of drug-likeness (QED) is 0.311. The summed E-state index contributed by atoms with van der Waals surface area (Å²) >= 11 is 0. The SMILES string of the molecule is CC[C@@]1(F)CN(C(=O)OC(C)(C)C)C[C@@H]1c1ccc(C(F)(F)F)cc1N1CCC(C(=O)OC(C)(C)C)CC1. The molecule has 1 amide bonds. The second-order valence-corrected chi connectivity index (χ2v) is 12.4. The van der Waals surface area contributed by atoms with Gasteiger partial charge in [0, 0.05) is 31.2 Å². The minimum atomic E-state index is -4.57. The Balaban J connectivity index is 1.92. The highest BCUT2D eigenvalue weighted by Gasteiger charge is 2.50. The third kappa shape index (κ3) is 7.11. The van der Waals surface area contributed by atoms with Crippen LogP contribution in [-0.4, -0.2) is 60.0 Å². The highest BCUT2D eigenvalue weighted by Crippen LogP contribution is 2.47. The van der Waals surface area contributed by atoms with E-state index in [-0.39, 0.29) is 37.1 Å². The molecule has 2 fully saturated rings. The third-order valence-corrected chi connectivity index (χ3v) is 7.03. The number of carbonyl (C=O) groups is 2. The molecule has 2 heterocycles. The van der Waals surface area contributed by atoms with Crippen molar-refractivity contribution in [2.45, 2.75) is 96.7 Å². The summed E-state index contributed by atoms with van der Waals surface area (Å²) in [6.45, 7) is 12.6. The van der Waals surface area contributed by atoms with E-state index in [9.17, 15) is 22.8 Å². The van der Waals surface area contributed by atoms with E-state index in [4.69, 9.17) is 9.47 Å². The number of piperidine rings is 1. The molecule has 2 atom stereocenters. The van der Waals surface area contributed by atoms with Crippen molar-refractivity contribution in [1.29, 1.82) is 0 Å². The number of benzene rings is 1. The molecule has 0 spiro atoms. The molecule has 2 saturated heterocycles. The van der Waals surface area contributed by atoms with Crippen LogP contribution < -0.4 is 4.90 Å². The molecule has 0 radical (unpaired) electrons. The van der Waals surface area contributed by atoms with Crippen LogP contribution in [0.2, 0.25) is 0 Å². The lowest BCUT2D eigenvalue weighted by Crippen LogP contribution is -2.40. The first-order chi connectivity index (χ1) is 17.3. The Morgan fingerprint density at radius 2 is 1.58 bits per heavy atom. The summed E-state index contributed by atoms with van der Waals surface area (Å²) in [6, 6.07) is 3.37. The van der Waals surface area contributed by atoms with Crippen LogP contribution in [0.15, 0.2) is 18.2 Å². The van der Waals surface area contributed by atoms with Gasteiger partial charge in [0.15, 0.2) is 0 Å². The summed E-state index contributed by atoms with van der Waals surface area (Å²) in [5.41, 5.74) is -3.35. The highest BCUT2D eigenvalue weighted by atomic mass is 19.4. The van der Waals surface area contributed by atoms with Crippen molar-refractivity contribution in [3.63, 3.8) is 0 Å². The average molecular weight is 545 g/mol. The smallest absolute Gasteiger partial charge is 0.416 e. The van der Waals surface area contributed by atoms with Crippen molar-refractivity contribution < 1.29 is 36.6 Å². The minimum Gasteiger partial charge on any atom is -0.460 e. The van der Waals surface area contributed by atoms with E-state index in [1.165, 1.54) is 11.0 Å². The monoisotopic (exact) mass is 544 g/mol. The van der Waals surface area contributed by atoms with Gasteiger partial charge in [-0.15, -0.1) is 0 Å². The zero-order chi connectivity index (χ0) is 28.7. The van der Waals surface area contributed by atoms with Crippen LogP contribution >= 0.6 is 0 Å². The standard InChI is InChI=1S/C28H40F4N2O4/c1-8-27(29)17-34(24(36)38-26(5,6)7)16-21(27)20-10-9-19(28(30,31)32)15-22(20)33-13-11-18(12-14-33)23(35)37-25(2,3)4/h9-10,15,18,21H,8,11-14,16-17H2,1-7H3/t21-,27-/m1/s1. The first-order valence-electron chi connectivity index (χ1n) is 13.2. The lowest BCUT2D eigenvalue weighted by Gasteiger charge is -2.37. The van der Waals surface area contributed by atoms with Crippen molar-refractivity contribution in [3.05, 3.63) is 29.3 Å². The predicted molar refractivity (Wildman–Crippen MR) is 137 cm³/mol. The Morgan fingerprint density at radius 1 is 1.00 bits per heavy atom. The number of anilines is 1. The molecule has 0 aromatic heterocycles. The molecule has 0 unspecified atom stereocenters. The number of esters is 1. The Bertz CT molecular complexity index is 1020. The Kier molecular flexibility index (Phi) is 8.35. The van der Waals surface area contributed by atoms with Gasteiger partial charge in [-0.3, -0.25) is 4.79 Å². The molecule has 2 aliphatic heterocycles. The molecule has 10 heteroatoms. The first kappa shape index (κ1) is 30.0. The minimum absolute atomic E-state index is 0.00795. The number of carbonyl (C=O) groups excluding carboxylic acids is 2. The third-order valence-electron chi connectivity index (χ3n) is 7.03. The second-order valence-electron chi connectivity index (χ2n) is 12.4. The number of alkyl halides is 4. The van der Waals surface area contributed by atoms with Crippen LogP contribution in [0.4, 0.5) is 28.0 Å². The lowest BCUT2D eigenvalue weighted by molar-refractivity contribution is -0.160. The maximum atomic E-state index is 16.3. The molecule has 6 nitrogen and oxygen atoms in total. The van der Waals surface area contributed by atoms with E-state index >= 15 is 4.39 Å². The summed E-state index contributed by atoms with van der Waals surface area (Å²) in [5, 5.41) is 0. The number of nitrogens with zero attached hydrogens (tertiary/aromatic N) is 2. The maximum Gasteiger partial charge on any atom is 0.416 e. The van der Waals surface area contributed by atoms with Crippen LogP contribution in [0.5, 0.6) is 0 Å². The van der Waals surface area contributed by atoms with Crippen molar-refractivity contribution >= 4 is 17.7 Å². The van der Waals surface area contributed by atoms with Gasteiger partial charge in [-0.1, -0.05) is 13.0 Å². The molecule has 1 aromatic rings. The molecular formula is C28H40F4N2O4. The van der Waals surface area contributed by atoms with Crippen molar-refractivity contribution in [2.24, 2.45) is 5.92 Å². The Hall–Kier alpha value is -2.52. The van der Waals surface area contributed by atoms with Gasteiger partial charge in [0.05, 0.1) is 18.0 Å². The number of likely N-dealkylation sites (tertiary alicyclic amines) is 1. The van der Waals surface area contributed by atoms with Crippen LogP contribution in [0.3, 0.4) is 0 Å². The Morgan fingerprint density at radius 3 is 2.08 bits per heavy atom. The number of hydrogen-bond donors (Lipinski definition) is 0. The maximum absolute atomic E-state index is 16.3. The molecule has 0 N–H and O–H groups in total. The van der Waals surface area contributed by atoms with E-state index in [1.807, 2.05) is 0 Å². The van der Waals surface area contributed by atoms with E-state index in [0.29, 0.717) is 31.5 Å². The van der Waals surface area contributed by atoms with Gasteiger partial charge in [0.2, 0.25) is 0 Å². The molecule has 1 aromatic carbocycles. The van der Waals surface area contributed by atoms with E-state index < -0.39 is 40.6 Å². The predicted octanol–water partition coefficient (Wildman–Crippen LogP) is 6.72. The molecule has 0 saturated carbocycles. The van der Waals surface area contributed by atoms with Gasteiger partial charge < -0.3 is 19.3 Å². The van der Waals surface area contributed by atoms with Crippen molar-refractivity contribution in [3.8, 4) is 0 Å². The molecular weight excluding hydrogens is 504 g/mol. The molecule has 3 rings (SSSR count). The topological polar surface area (TPSA) is 59.1 Å². The van der Waals surface area contributed by atoms with Crippen molar-refractivity contribution in [2.75, 3.05) is 31.1 Å². The molecule has 2 aliphatic rings. The molecule has 0 bridgehead atoms. The molecule has 0 aliphatic carbocycles. The summed E-state index contributed by atoms with van der Waals surface area (Å²) in [7, 11) is 0. The average Bonchev–Trinajstić information content (AvgIpc) is 3.14. The van der Waals surface area contributed by atoms with Crippen LogP contribution in [0, 0.1) is 5.92 Å². The largest absolute Gasteiger partial charge is 0.460 e. The highest BCUT2D eigenvalue weighted by molar-refractivity contribution is 5.73. The zero-order valence-corrected chi connectivity index (χ0v) is 23.4. The summed E-state index contributed by atoms with van der Waals surface area (Å²) in [4.78, 5) is 28.4. The first-order valence-corrected chi connectivity index (χ1v) is 13.2. The summed E-state index contributed by atoms with van der Waals surface area (Å²) in [6.07, 6.45) is -4.32. The van der Waals surface area contributed by atoms with Gasteiger partial charge in [-0.05, 0) is 78.5 Å².